The second-order valence-corrected chi connectivity index (χ2v) is 57.6. The van der Waals surface area contributed by atoms with Gasteiger partial charge in [-0.15, -0.1) is 0 Å². The van der Waals surface area contributed by atoms with E-state index in [0.717, 1.165) is 0 Å². The average Bonchev–Trinajstić information content (AvgIpc) is 3.33. The van der Waals surface area contributed by atoms with E-state index in [1.807, 2.05) is 0 Å². The Morgan fingerprint density at radius 1 is 0.186 bits per heavy atom. The van der Waals surface area contributed by atoms with E-state index < -0.39 is 29.1 Å². The van der Waals surface area contributed by atoms with E-state index in [1.54, 1.807) is 0 Å². The molecule has 0 aliphatic carbocycles. The van der Waals surface area contributed by atoms with Crippen molar-refractivity contribution in [2.45, 2.75) is 0 Å². The zero-order valence-corrected chi connectivity index (χ0v) is 38.1. The zero-order chi connectivity index (χ0) is 40.0. The Labute approximate surface area is 357 Å². The van der Waals surface area contributed by atoms with Gasteiger partial charge in [-0.2, -0.15) is 0 Å². The van der Waals surface area contributed by atoms with E-state index in [2.05, 4.69) is 273 Å². The standard InChI is InChI=1S/3C18H15P.ClH.Rh/c3*1-4-10-16(11-5-1)19(17-12-6-2-7-13-17)18-14-8-3-9-15-18;;/h3*1-15H;1H;/q;;;;-2/p+2. The Morgan fingerprint density at radius 2 is 0.288 bits per heavy atom. The number of benzene rings is 9. The van der Waals surface area contributed by atoms with Crippen molar-refractivity contribution in [3.63, 3.8) is 0 Å². The van der Waals surface area contributed by atoms with Crippen LogP contribution in [0, 0.1) is 0 Å². The molecule has 5 heteroatoms. The van der Waals surface area contributed by atoms with Crippen LogP contribution in [0.2, 0.25) is 0 Å². The molecule has 0 radical (unpaired) electrons. The molecule has 0 fully saturated rings. The van der Waals surface area contributed by atoms with Crippen LogP contribution in [0.1, 0.15) is 0 Å². The van der Waals surface area contributed by atoms with Crippen LogP contribution in [-0.4, -0.2) is 0 Å². The molecule has 59 heavy (non-hydrogen) atoms. The van der Waals surface area contributed by atoms with Crippen LogP contribution in [0.3, 0.4) is 0 Å². The second-order valence-electron chi connectivity index (χ2n) is 14.6. The van der Waals surface area contributed by atoms with Crippen LogP contribution >= 0.6 is 26.5 Å². The molecule has 0 saturated heterocycles. The van der Waals surface area contributed by atoms with Crippen molar-refractivity contribution in [2.24, 2.45) is 0 Å². The van der Waals surface area contributed by atoms with Gasteiger partial charge in [0.2, 0.25) is 0 Å². The molecule has 0 aliphatic heterocycles. The molecule has 9 rings (SSSR count). The Kier molecular flexibility index (Phi) is 11.7. The van der Waals surface area contributed by atoms with E-state index in [4.69, 9.17) is 0 Å². The Hall–Kier alpha value is -4.82. The van der Waals surface area contributed by atoms with Crippen molar-refractivity contribution < 1.29 is 12.3 Å². The third-order valence-electron chi connectivity index (χ3n) is 11.5. The summed E-state index contributed by atoms with van der Waals surface area (Å²) in [5, 5.41) is 12.2. The van der Waals surface area contributed by atoms with Gasteiger partial charge in [0.1, 0.15) is 0 Å². The van der Waals surface area contributed by atoms with Crippen molar-refractivity contribution >= 4 is 74.2 Å². The van der Waals surface area contributed by atoms with Gasteiger partial charge in [-0.3, -0.25) is 0 Å². The molecule has 295 valence electrons. The van der Waals surface area contributed by atoms with E-state index in [9.17, 15) is 9.69 Å². The minimum atomic E-state index is -4.30. The summed E-state index contributed by atoms with van der Waals surface area (Å²) in [4.78, 5) is 0. The molecule has 0 unspecified atom stereocenters. The molecule has 0 nitrogen and oxygen atoms in total. The van der Waals surface area contributed by atoms with Crippen LogP contribution in [0.4, 0.5) is 0 Å². The van der Waals surface area contributed by atoms with E-state index in [0.29, 0.717) is 0 Å². The van der Waals surface area contributed by atoms with Gasteiger partial charge >= 0.3 is 360 Å². The fraction of sp³-hybridized carbons (Fsp3) is 0. The van der Waals surface area contributed by atoms with Crippen LogP contribution in [-0.2, 0) is 12.3 Å². The first kappa shape index (κ1) is 39.6. The van der Waals surface area contributed by atoms with Crippen LogP contribution in [0.5, 0.6) is 0 Å². The molecule has 0 aliphatic rings. The quantitative estimate of drug-likeness (QED) is 0.0846. The molecule has 0 amide bonds. The number of hydrogen-bond acceptors (Lipinski definition) is 0. The molecule has 9 aromatic rings. The topological polar surface area (TPSA) is 0 Å². The molecule has 9 aromatic carbocycles. The molecule has 0 saturated carbocycles. The van der Waals surface area contributed by atoms with Crippen molar-refractivity contribution in [3.05, 3.63) is 273 Å². The molecule has 0 N–H and O–H groups in total. The van der Waals surface area contributed by atoms with Gasteiger partial charge in [0.05, 0.1) is 0 Å². The summed E-state index contributed by atoms with van der Waals surface area (Å²) in [5.74, 6) is 0. The molecule has 0 bridgehead atoms. The van der Waals surface area contributed by atoms with Crippen molar-refractivity contribution in [1.82, 2.24) is 0 Å². The van der Waals surface area contributed by atoms with Crippen LogP contribution in [0.25, 0.3) is 0 Å². The van der Waals surface area contributed by atoms with Gasteiger partial charge in [-0.05, 0) is 0 Å². The molecular weight excluding hydrogens is 880 g/mol. The van der Waals surface area contributed by atoms with Gasteiger partial charge in [0.15, 0.2) is 0 Å². The molecule has 0 spiro atoms. The summed E-state index contributed by atoms with van der Waals surface area (Å²) in [5.41, 5.74) is -10.5. The third-order valence-corrected chi connectivity index (χ3v) is 88.2. The summed E-state index contributed by atoms with van der Waals surface area (Å²) >= 11 is -4.30. The number of halogens is 1. The number of rotatable bonds is 12. The minimum absolute atomic E-state index is 1.36. The van der Waals surface area contributed by atoms with Gasteiger partial charge < -0.3 is 0 Å². The molecular formula is C54H48ClP3Rh. The summed E-state index contributed by atoms with van der Waals surface area (Å²) in [7, 11) is 10.5. The fourth-order valence-electron chi connectivity index (χ4n) is 9.20. The van der Waals surface area contributed by atoms with Crippen LogP contribution in [0.15, 0.2) is 273 Å². The number of hydrogen-bond donors (Lipinski definition) is 0. The predicted octanol–water partition coefficient (Wildman–Crippen LogP) is 10.2. The monoisotopic (exact) mass is 927 g/mol. The third kappa shape index (κ3) is 6.35. The normalized spacial score (nSPS) is 14.3. The van der Waals surface area contributed by atoms with E-state index in [1.165, 1.54) is 47.7 Å². The van der Waals surface area contributed by atoms with Crippen molar-refractivity contribution in [1.29, 1.82) is 0 Å². The zero-order valence-electron chi connectivity index (χ0n) is 32.7. The molecule has 0 aromatic heterocycles. The summed E-state index contributed by atoms with van der Waals surface area (Å²) in [6.45, 7) is 0. The average molecular weight is 928 g/mol. The first-order chi connectivity index (χ1) is 29.2. The first-order valence-electron chi connectivity index (χ1n) is 20.1. The van der Waals surface area contributed by atoms with Crippen LogP contribution < -0.4 is 47.7 Å². The second kappa shape index (κ2) is 17.4. The van der Waals surface area contributed by atoms with Crippen molar-refractivity contribution in [3.8, 4) is 0 Å². The van der Waals surface area contributed by atoms with Gasteiger partial charge in [-0.1, -0.05) is 0 Å². The van der Waals surface area contributed by atoms with Gasteiger partial charge in [-0.25, -0.2) is 0 Å². The summed E-state index contributed by atoms with van der Waals surface area (Å²) < 4.78 is 0. The molecule has 0 atom stereocenters. The Morgan fingerprint density at radius 3 is 0.390 bits per heavy atom. The Bertz CT molecular complexity index is 2100. The van der Waals surface area contributed by atoms with Gasteiger partial charge in [0.25, 0.3) is 0 Å². The van der Waals surface area contributed by atoms with Crippen molar-refractivity contribution in [2.75, 3.05) is 0 Å². The fourth-order valence-corrected chi connectivity index (χ4v) is 117. The summed E-state index contributed by atoms with van der Waals surface area (Å²) in [6, 6.07) is 104. The maximum absolute atomic E-state index is 10.5. The first-order valence-corrected chi connectivity index (χ1v) is 35.1. The molecule has 0 heterocycles. The van der Waals surface area contributed by atoms with E-state index >= 15 is 0 Å². The predicted molar refractivity (Wildman–Crippen MR) is 265 cm³/mol. The van der Waals surface area contributed by atoms with Gasteiger partial charge in [0, 0.05) is 0 Å². The summed E-state index contributed by atoms with van der Waals surface area (Å²) in [6.07, 6.45) is 0. The SMILES string of the molecule is [Cl][Rh]([PH](c1ccccc1)(c1ccccc1)c1ccccc1)([PH](c1ccccc1)(c1ccccc1)c1ccccc1)[PH](c1ccccc1)(c1ccccc1)c1ccccc1. The maximum atomic E-state index is 10.5. The Balaban J connectivity index is 1.71. The van der Waals surface area contributed by atoms with E-state index in [-0.39, 0.29) is 0 Å².